The van der Waals surface area contributed by atoms with Crippen molar-refractivity contribution in [3.8, 4) is 0 Å². The Labute approximate surface area is 69.8 Å². The van der Waals surface area contributed by atoms with Crippen LogP contribution in [0.1, 0.15) is 12.7 Å². The first-order chi connectivity index (χ1) is 5.83. The van der Waals surface area contributed by atoms with Gasteiger partial charge < -0.3 is 4.42 Å². The van der Waals surface area contributed by atoms with Gasteiger partial charge in [-0.25, -0.2) is 4.39 Å². The molecular formula is C10H9FO. The lowest BCUT2D eigenvalue weighted by atomic mass is 10.2. The molecule has 62 valence electrons. The third-order valence-corrected chi connectivity index (χ3v) is 1.92. The average molecular weight is 164 g/mol. The molecule has 0 N–H and O–H groups in total. The number of hydrogen-bond donors (Lipinski definition) is 0. The van der Waals surface area contributed by atoms with Crippen LogP contribution >= 0.6 is 0 Å². The molecule has 0 aliphatic rings. The van der Waals surface area contributed by atoms with Crippen LogP contribution in [-0.2, 0) is 6.42 Å². The molecule has 12 heavy (non-hydrogen) atoms. The van der Waals surface area contributed by atoms with Gasteiger partial charge in [0.25, 0.3) is 0 Å². The van der Waals surface area contributed by atoms with Crippen LogP contribution < -0.4 is 0 Å². The average Bonchev–Trinajstić information content (AvgIpc) is 2.44. The summed E-state index contributed by atoms with van der Waals surface area (Å²) in [6.07, 6.45) is 0.598. The first kappa shape index (κ1) is 7.35. The Morgan fingerprint density at radius 1 is 1.33 bits per heavy atom. The SMILES string of the molecule is CCc1oc2ccccc2c1F. The minimum Gasteiger partial charge on any atom is -0.458 e. The highest BCUT2D eigenvalue weighted by molar-refractivity contribution is 5.78. The molecule has 0 unspecified atom stereocenters. The number of hydrogen-bond acceptors (Lipinski definition) is 1. The molecule has 0 bridgehead atoms. The quantitative estimate of drug-likeness (QED) is 0.631. The number of fused-ring (bicyclic) bond motifs is 1. The van der Waals surface area contributed by atoms with Crippen LogP contribution in [0.25, 0.3) is 11.0 Å². The smallest absolute Gasteiger partial charge is 0.172 e. The van der Waals surface area contributed by atoms with Crippen molar-refractivity contribution in [2.75, 3.05) is 0 Å². The molecule has 0 aliphatic carbocycles. The molecule has 2 rings (SSSR count). The molecule has 0 saturated carbocycles. The summed E-state index contributed by atoms with van der Waals surface area (Å²) in [5, 5.41) is 0.578. The largest absolute Gasteiger partial charge is 0.458 e. The van der Waals surface area contributed by atoms with Crippen LogP contribution in [0.5, 0.6) is 0 Å². The molecule has 0 aliphatic heterocycles. The van der Waals surface area contributed by atoms with Gasteiger partial charge in [0.1, 0.15) is 11.3 Å². The lowest BCUT2D eigenvalue weighted by Crippen LogP contribution is -1.77. The molecule has 0 fully saturated rings. The monoisotopic (exact) mass is 164 g/mol. The van der Waals surface area contributed by atoms with Gasteiger partial charge >= 0.3 is 0 Å². The number of rotatable bonds is 1. The normalized spacial score (nSPS) is 10.8. The summed E-state index contributed by atoms with van der Waals surface area (Å²) in [5.41, 5.74) is 0.631. The molecule has 2 aromatic rings. The lowest BCUT2D eigenvalue weighted by Gasteiger charge is -1.84. The summed E-state index contributed by atoms with van der Waals surface area (Å²) in [4.78, 5) is 0. The van der Waals surface area contributed by atoms with Crippen molar-refractivity contribution >= 4 is 11.0 Å². The summed E-state index contributed by atoms with van der Waals surface area (Å²) in [6.45, 7) is 1.88. The molecule has 1 nitrogen and oxygen atoms in total. The molecule has 1 heterocycles. The minimum atomic E-state index is -0.215. The van der Waals surface area contributed by atoms with Crippen molar-refractivity contribution in [2.45, 2.75) is 13.3 Å². The number of aryl methyl sites for hydroxylation is 1. The van der Waals surface area contributed by atoms with Crippen molar-refractivity contribution in [3.05, 3.63) is 35.8 Å². The number of halogens is 1. The van der Waals surface area contributed by atoms with E-state index in [-0.39, 0.29) is 5.82 Å². The standard InChI is InChI=1S/C10H9FO/c1-2-8-10(11)7-5-3-4-6-9(7)12-8/h3-6H,2H2,1H3. The Kier molecular flexibility index (Phi) is 1.61. The van der Waals surface area contributed by atoms with Crippen LogP contribution in [0.2, 0.25) is 0 Å². The number of para-hydroxylation sites is 1. The molecule has 0 radical (unpaired) electrons. The summed E-state index contributed by atoms with van der Waals surface area (Å²) >= 11 is 0. The fourth-order valence-electron chi connectivity index (χ4n) is 1.29. The fourth-order valence-corrected chi connectivity index (χ4v) is 1.29. The molecule has 1 aromatic carbocycles. The summed E-state index contributed by atoms with van der Waals surface area (Å²) < 4.78 is 18.6. The van der Waals surface area contributed by atoms with Crippen molar-refractivity contribution in [2.24, 2.45) is 0 Å². The lowest BCUT2D eigenvalue weighted by molar-refractivity contribution is 0.504. The Hall–Kier alpha value is -1.31. The molecule has 1 aromatic heterocycles. The summed E-state index contributed by atoms with van der Waals surface area (Å²) in [5.74, 6) is 0.226. The highest BCUT2D eigenvalue weighted by atomic mass is 19.1. The second-order valence-electron chi connectivity index (χ2n) is 2.69. The zero-order valence-electron chi connectivity index (χ0n) is 6.80. The zero-order valence-corrected chi connectivity index (χ0v) is 6.80. The van der Waals surface area contributed by atoms with Gasteiger partial charge in [-0.2, -0.15) is 0 Å². The van der Waals surface area contributed by atoms with E-state index in [2.05, 4.69) is 0 Å². The van der Waals surface area contributed by atoms with Crippen molar-refractivity contribution < 1.29 is 8.81 Å². The van der Waals surface area contributed by atoms with Crippen molar-refractivity contribution in [1.29, 1.82) is 0 Å². The maximum atomic E-state index is 13.3. The maximum absolute atomic E-state index is 13.3. The number of benzene rings is 1. The first-order valence-corrected chi connectivity index (χ1v) is 3.99. The van der Waals surface area contributed by atoms with Gasteiger partial charge in [0.05, 0.1) is 5.39 Å². The van der Waals surface area contributed by atoms with E-state index in [4.69, 9.17) is 4.42 Å². The van der Waals surface area contributed by atoms with E-state index < -0.39 is 0 Å². The Balaban J connectivity index is 2.78. The van der Waals surface area contributed by atoms with E-state index in [0.717, 1.165) is 0 Å². The van der Waals surface area contributed by atoms with Crippen LogP contribution in [0.3, 0.4) is 0 Å². The predicted octanol–water partition coefficient (Wildman–Crippen LogP) is 3.13. The van der Waals surface area contributed by atoms with E-state index in [1.165, 1.54) is 0 Å². The zero-order chi connectivity index (χ0) is 8.55. The molecule has 0 saturated heterocycles. The Morgan fingerprint density at radius 3 is 2.75 bits per heavy atom. The first-order valence-electron chi connectivity index (χ1n) is 3.99. The summed E-state index contributed by atoms with van der Waals surface area (Å²) in [7, 11) is 0. The second kappa shape index (κ2) is 2.63. The van der Waals surface area contributed by atoms with Gasteiger partial charge in [-0.1, -0.05) is 19.1 Å². The van der Waals surface area contributed by atoms with Gasteiger partial charge in [0.15, 0.2) is 5.82 Å². The van der Waals surface area contributed by atoms with Crippen LogP contribution in [0.4, 0.5) is 4.39 Å². The van der Waals surface area contributed by atoms with Gasteiger partial charge in [0.2, 0.25) is 0 Å². The van der Waals surface area contributed by atoms with Crippen molar-refractivity contribution in [1.82, 2.24) is 0 Å². The third kappa shape index (κ3) is 0.916. The van der Waals surface area contributed by atoms with Crippen LogP contribution in [0, 0.1) is 5.82 Å². The molecular weight excluding hydrogens is 155 g/mol. The minimum absolute atomic E-state index is 0.215. The third-order valence-electron chi connectivity index (χ3n) is 1.92. The van der Waals surface area contributed by atoms with E-state index in [1.807, 2.05) is 13.0 Å². The van der Waals surface area contributed by atoms with E-state index in [1.54, 1.807) is 18.2 Å². The van der Waals surface area contributed by atoms with Gasteiger partial charge in [-0.3, -0.25) is 0 Å². The molecule has 0 amide bonds. The topological polar surface area (TPSA) is 13.1 Å². The molecule has 2 heteroatoms. The van der Waals surface area contributed by atoms with E-state index in [0.29, 0.717) is 23.2 Å². The van der Waals surface area contributed by atoms with Gasteiger partial charge in [0, 0.05) is 6.42 Å². The predicted molar refractivity (Wildman–Crippen MR) is 45.6 cm³/mol. The van der Waals surface area contributed by atoms with Gasteiger partial charge in [-0.05, 0) is 12.1 Å². The van der Waals surface area contributed by atoms with Crippen LogP contribution in [-0.4, -0.2) is 0 Å². The number of furan rings is 1. The maximum Gasteiger partial charge on any atom is 0.172 e. The van der Waals surface area contributed by atoms with Crippen LogP contribution in [0.15, 0.2) is 28.7 Å². The van der Waals surface area contributed by atoms with Gasteiger partial charge in [-0.15, -0.1) is 0 Å². The second-order valence-corrected chi connectivity index (χ2v) is 2.69. The van der Waals surface area contributed by atoms with E-state index >= 15 is 0 Å². The highest BCUT2D eigenvalue weighted by Gasteiger charge is 2.10. The Bertz CT molecular complexity index is 403. The van der Waals surface area contributed by atoms with E-state index in [9.17, 15) is 4.39 Å². The molecule has 0 atom stereocenters. The Morgan fingerprint density at radius 2 is 2.08 bits per heavy atom. The summed E-state index contributed by atoms with van der Waals surface area (Å²) in [6, 6.07) is 7.15. The molecule has 0 spiro atoms. The van der Waals surface area contributed by atoms with Crippen molar-refractivity contribution in [3.63, 3.8) is 0 Å². The fraction of sp³-hybridized carbons (Fsp3) is 0.200. The highest BCUT2D eigenvalue weighted by Crippen LogP contribution is 2.23.